The van der Waals surface area contributed by atoms with Gasteiger partial charge in [-0.1, -0.05) is 29.8 Å². The lowest BCUT2D eigenvalue weighted by Crippen LogP contribution is -2.06. The van der Waals surface area contributed by atoms with E-state index in [1.165, 1.54) is 18.2 Å². The highest BCUT2D eigenvalue weighted by Crippen LogP contribution is 2.29. The number of esters is 1. The molecule has 0 spiro atoms. The van der Waals surface area contributed by atoms with Crippen LogP contribution in [0.4, 0.5) is 16.0 Å². The normalized spacial score (nSPS) is 11.1. The number of anilines is 2. The number of nitrogens with zero attached hydrogens (tertiary/aromatic N) is 4. The zero-order chi connectivity index (χ0) is 26.5. The van der Waals surface area contributed by atoms with Crippen LogP contribution in [0.15, 0.2) is 83.8 Å². The zero-order valence-electron chi connectivity index (χ0n) is 20.1. The first-order valence-electron chi connectivity index (χ1n) is 11.6. The number of aromatic nitrogens is 4. The van der Waals surface area contributed by atoms with Crippen molar-refractivity contribution in [2.75, 3.05) is 11.9 Å². The number of hydrogen-bond donors (Lipinski definition) is 1. The number of thiophene rings is 1. The summed E-state index contributed by atoms with van der Waals surface area (Å²) in [6.07, 6.45) is 6.61. The third-order valence-electron chi connectivity index (χ3n) is 5.46. The van der Waals surface area contributed by atoms with Crippen LogP contribution >= 0.6 is 22.9 Å². The molecule has 7 nitrogen and oxygen atoms in total. The summed E-state index contributed by atoms with van der Waals surface area (Å²) in [5.41, 5.74) is 4.72. The molecule has 3 aromatic heterocycles. The molecular weight excluding hydrogens is 525 g/mol. The second-order valence-electron chi connectivity index (χ2n) is 8.05. The highest BCUT2D eigenvalue weighted by Gasteiger charge is 2.15. The molecule has 5 aromatic rings. The van der Waals surface area contributed by atoms with Gasteiger partial charge in [0.2, 0.25) is 5.95 Å². The van der Waals surface area contributed by atoms with Crippen LogP contribution in [0, 0.1) is 5.82 Å². The van der Waals surface area contributed by atoms with Gasteiger partial charge in [-0.05, 0) is 65.9 Å². The Bertz CT molecular complexity index is 1620. The maximum absolute atomic E-state index is 13.6. The molecule has 3 heterocycles. The lowest BCUT2D eigenvalue weighted by molar-refractivity contribution is -0.137. The molecule has 190 valence electrons. The topological polar surface area (TPSA) is 81.9 Å². The van der Waals surface area contributed by atoms with Crippen molar-refractivity contribution >= 4 is 46.6 Å². The minimum absolute atomic E-state index is 0.00740. The van der Waals surface area contributed by atoms with Crippen LogP contribution in [0.5, 0.6) is 0 Å². The highest BCUT2D eigenvalue weighted by atomic mass is 35.5. The number of nitrogens with one attached hydrogen (secondary N) is 1. The Morgan fingerprint density at radius 3 is 2.87 bits per heavy atom. The molecule has 0 amide bonds. The van der Waals surface area contributed by atoms with E-state index in [-0.39, 0.29) is 11.0 Å². The Morgan fingerprint density at radius 1 is 1.18 bits per heavy atom. The van der Waals surface area contributed by atoms with E-state index in [1.807, 2.05) is 53.4 Å². The number of carbonyl (C=O) groups excluding carboxylic acids is 1. The molecule has 0 aliphatic rings. The molecule has 0 fully saturated rings. The Balaban J connectivity index is 1.55. The van der Waals surface area contributed by atoms with Crippen LogP contribution in [0.2, 0.25) is 5.02 Å². The summed E-state index contributed by atoms with van der Waals surface area (Å²) in [6, 6.07) is 15.8. The van der Waals surface area contributed by atoms with E-state index in [0.717, 1.165) is 27.9 Å². The van der Waals surface area contributed by atoms with Crippen molar-refractivity contribution in [3.8, 4) is 28.2 Å². The fourth-order valence-electron chi connectivity index (χ4n) is 3.68. The molecule has 0 saturated carbocycles. The summed E-state index contributed by atoms with van der Waals surface area (Å²) in [7, 11) is 0. The average molecular weight is 546 g/mol. The molecule has 0 radical (unpaired) electrons. The second kappa shape index (κ2) is 11.4. The van der Waals surface area contributed by atoms with Crippen molar-refractivity contribution in [2.24, 2.45) is 0 Å². The van der Waals surface area contributed by atoms with E-state index < -0.39 is 11.8 Å². The first kappa shape index (κ1) is 25.3. The quantitative estimate of drug-likeness (QED) is 0.164. The molecule has 0 aliphatic heterocycles. The molecule has 0 bridgehead atoms. The van der Waals surface area contributed by atoms with Crippen molar-refractivity contribution in [3.63, 3.8) is 0 Å². The van der Waals surface area contributed by atoms with Crippen LogP contribution in [0.25, 0.3) is 34.3 Å². The maximum atomic E-state index is 13.6. The van der Waals surface area contributed by atoms with E-state index >= 15 is 0 Å². The molecule has 0 aliphatic carbocycles. The highest BCUT2D eigenvalue weighted by molar-refractivity contribution is 7.08. The zero-order valence-corrected chi connectivity index (χ0v) is 21.7. The monoisotopic (exact) mass is 545 g/mol. The molecule has 0 saturated heterocycles. The average Bonchev–Trinajstić information content (AvgIpc) is 3.63. The van der Waals surface area contributed by atoms with E-state index in [9.17, 15) is 9.18 Å². The Hall–Kier alpha value is -4.34. The van der Waals surface area contributed by atoms with Crippen molar-refractivity contribution in [1.29, 1.82) is 0 Å². The van der Waals surface area contributed by atoms with Gasteiger partial charge in [-0.25, -0.2) is 18.9 Å². The van der Waals surface area contributed by atoms with Crippen molar-refractivity contribution in [1.82, 2.24) is 19.7 Å². The summed E-state index contributed by atoms with van der Waals surface area (Å²) in [6.45, 7) is 2.07. The van der Waals surface area contributed by atoms with Crippen molar-refractivity contribution in [2.45, 2.75) is 6.92 Å². The van der Waals surface area contributed by atoms with E-state index in [0.29, 0.717) is 18.1 Å². The van der Waals surface area contributed by atoms with Gasteiger partial charge < -0.3 is 10.1 Å². The van der Waals surface area contributed by atoms with Crippen molar-refractivity contribution < 1.29 is 13.9 Å². The number of benzene rings is 2. The van der Waals surface area contributed by atoms with Crippen LogP contribution in [0.3, 0.4) is 0 Å². The van der Waals surface area contributed by atoms with Crippen LogP contribution in [-0.2, 0) is 9.53 Å². The van der Waals surface area contributed by atoms with Gasteiger partial charge in [0.25, 0.3) is 0 Å². The summed E-state index contributed by atoms with van der Waals surface area (Å²) in [5, 5.41) is 11.8. The van der Waals surface area contributed by atoms with E-state index in [1.54, 1.807) is 41.3 Å². The fraction of sp³-hybridized carbons (Fsp3) is 0.0714. The number of hydrogen-bond acceptors (Lipinski definition) is 7. The first-order chi connectivity index (χ1) is 18.5. The van der Waals surface area contributed by atoms with Crippen LogP contribution in [0.1, 0.15) is 12.5 Å². The Kier molecular flexibility index (Phi) is 7.57. The Labute approximate surface area is 227 Å². The van der Waals surface area contributed by atoms with E-state index in [4.69, 9.17) is 26.4 Å². The third-order valence-corrected chi connectivity index (χ3v) is 6.44. The van der Waals surface area contributed by atoms with Gasteiger partial charge >= 0.3 is 5.97 Å². The smallest absolute Gasteiger partial charge is 0.330 e. The maximum Gasteiger partial charge on any atom is 0.330 e. The lowest BCUT2D eigenvalue weighted by atomic mass is 10.0. The number of ether oxygens (including phenoxy) is 1. The Morgan fingerprint density at radius 2 is 2.08 bits per heavy atom. The standard InChI is InChI=1S/C28H21ClFN5O2S/c1-2-37-26(36)9-6-18-4-3-5-19(14-18)22-16-31-28(32-21-7-8-24(30)23(29)15-21)33-27(22)35-12-10-25(34-35)20-11-13-38-17-20/h3-17H,2H2,1H3,(H,31,32,33). The molecule has 10 heteroatoms. The van der Waals surface area contributed by atoms with Gasteiger partial charge in [-0.15, -0.1) is 0 Å². The van der Waals surface area contributed by atoms with Gasteiger partial charge in [0.15, 0.2) is 5.82 Å². The summed E-state index contributed by atoms with van der Waals surface area (Å²) >= 11 is 7.53. The number of rotatable bonds is 8. The summed E-state index contributed by atoms with van der Waals surface area (Å²) < 4.78 is 20.3. The molecule has 0 unspecified atom stereocenters. The SMILES string of the molecule is CCOC(=O)C=Cc1cccc(-c2cnc(Nc3ccc(F)c(Cl)c3)nc2-n2ccc(-c3ccsc3)n2)c1. The molecule has 38 heavy (non-hydrogen) atoms. The second-order valence-corrected chi connectivity index (χ2v) is 9.24. The fourth-order valence-corrected chi connectivity index (χ4v) is 4.52. The molecular formula is C28H21ClFN5O2S. The van der Waals surface area contributed by atoms with Crippen LogP contribution < -0.4 is 5.32 Å². The van der Waals surface area contributed by atoms with Gasteiger partial charge in [-0.3, -0.25) is 0 Å². The summed E-state index contributed by atoms with van der Waals surface area (Å²) in [4.78, 5) is 21.0. The van der Waals surface area contributed by atoms with Gasteiger partial charge in [-0.2, -0.15) is 21.4 Å². The minimum atomic E-state index is -0.511. The third kappa shape index (κ3) is 5.80. The van der Waals surface area contributed by atoms with Crippen LogP contribution in [-0.4, -0.2) is 32.3 Å². The van der Waals surface area contributed by atoms with Crippen molar-refractivity contribution in [3.05, 3.63) is 100 Å². The molecule has 2 aromatic carbocycles. The van der Waals surface area contributed by atoms with Gasteiger partial charge in [0.05, 0.1) is 17.3 Å². The van der Waals surface area contributed by atoms with E-state index in [2.05, 4.69) is 10.3 Å². The molecule has 1 N–H and O–H groups in total. The first-order valence-corrected chi connectivity index (χ1v) is 13.0. The molecule has 5 rings (SSSR count). The minimum Gasteiger partial charge on any atom is -0.463 e. The van der Waals surface area contributed by atoms with Gasteiger partial charge in [0.1, 0.15) is 5.82 Å². The van der Waals surface area contributed by atoms with Gasteiger partial charge in [0, 0.05) is 40.7 Å². The predicted octanol–water partition coefficient (Wildman–Crippen LogP) is 7.17. The number of halogens is 2. The summed E-state index contributed by atoms with van der Waals surface area (Å²) in [5.74, 6) is -0.0969. The lowest BCUT2D eigenvalue weighted by Gasteiger charge is -2.12. The molecule has 0 atom stereocenters. The predicted molar refractivity (Wildman–Crippen MR) is 148 cm³/mol. The largest absolute Gasteiger partial charge is 0.463 e. The number of carbonyl (C=O) groups is 1.